The number of hydrogen-bond donors (Lipinski definition) is 0. The fourth-order valence-corrected chi connectivity index (χ4v) is 3.89. The Morgan fingerprint density at radius 2 is 2.15 bits per heavy atom. The molecule has 102 valence electrons. The number of carbonyl (C=O) groups is 1. The van der Waals surface area contributed by atoms with Crippen molar-refractivity contribution >= 4 is 54.4 Å². The van der Waals surface area contributed by atoms with Crippen LogP contribution in [0, 0.1) is 0 Å². The fourth-order valence-electron chi connectivity index (χ4n) is 1.94. The Morgan fingerprint density at radius 1 is 1.35 bits per heavy atom. The molecular weight excluding hydrogens is 344 g/mol. The van der Waals surface area contributed by atoms with Gasteiger partial charge in [0, 0.05) is 10.1 Å². The van der Waals surface area contributed by atoms with Gasteiger partial charge in [-0.25, -0.2) is 14.8 Å². The van der Waals surface area contributed by atoms with E-state index in [4.69, 9.17) is 9.47 Å². The molecule has 0 saturated heterocycles. The van der Waals surface area contributed by atoms with Crippen LogP contribution in [0.4, 0.5) is 0 Å². The molecule has 2 heterocycles. The second kappa shape index (κ2) is 4.99. The SMILES string of the molecule is COC(=O)c1sc2ccc3nc(OC)cnc3c2c1Br. The molecule has 0 N–H and O–H groups in total. The number of carbonyl (C=O) groups excluding carboxylic acids is 1. The molecule has 0 aliphatic rings. The summed E-state index contributed by atoms with van der Waals surface area (Å²) in [5.41, 5.74) is 1.44. The van der Waals surface area contributed by atoms with Gasteiger partial charge in [-0.05, 0) is 28.1 Å². The van der Waals surface area contributed by atoms with Crippen molar-refractivity contribution in [2.75, 3.05) is 14.2 Å². The summed E-state index contributed by atoms with van der Waals surface area (Å²) in [4.78, 5) is 21.0. The van der Waals surface area contributed by atoms with Crippen LogP contribution in [0.2, 0.25) is 0 Å². The number of fused-ring (bicyclic) bond motifs is 3. The standard InChI is InChI=1S/C13H9BrN2O3S/c1-18-8-5-15-11-6(16-8)3-4-7-9(11)10(14)12(20-7)13(17)19-2/h3-5H,1-2H3. The average molecular weight is 353 g/mol. The molecule has 0 aliphatic heterocycles. The van der Waals surface area contributed by atoms with Gasteiger partial charge in [0.25, 0.3) is 0 Å². The highest BCUT2D eigenvalue weighted by molar-refractivity contribution is 9.10. The predicted molar refractivity (Wildman–Crippen MR) is 80.5 cm³/mol. The number of halogens is 1. The number of ether oxygens (including phenoxy) is 2. The molecule has 3 aromatic rings. The number of thiophene rings is 1. The molecule has 0 amide bonds. The van der Waals surface area contributed by atoms with E-state index in [2.05, 4.69) is 25.9 Å². The first-order valence-electron chi connectivity index (χ1n) is 5.65. The molecule has 0 aliphatic carbocycles. The lowest BCUT2D eigenvalue weighted by atomic mass is 10.2. The highest BCUT2D eigenvalue weighted by Crippen LogP contribution is 2.39. The van der Waals surface area contributed by atoms with Gasteiger partial charge in [-0.3, -0.25) is 0 Å². The van der Waals surface area contributed by atoms with Crippen LogP contribution in [0.15, 0.2) is 22.8 Å². The zero-order valence-electron chi connectivity index (χ0n) is 10.6. The third kappa shape index (κ3) is 1.94. The van der Waals surface area contributed by atoms with Gasteiger partial charge < -0.3 is 9.47 Å². The van der Waals surface area contributed by atoms with Crippen molar-refractivity contribution in [2.24, 2.45) is 0 Å². The Balaban J connectivity index is 2.36. The fraction of sp³-hybridized carbons (Fsp3) is 0.154. The van der Waals surface area contributed by atoms with Gasteiger partial charge in [-0.15, -0.1) is 11.3 Å². The molecule has 1 aromatic carbocycles. The van der Waals surface area contributed by atoms with Crippen molar-refractivity contribution in [1.29, 1.82) is 0 Å². The largest absolute Gasteiger partial charge is 0.480 e. The molecule has 0 bridgehead atoms. The number of nitrogens with zero attached hydrogens (tertiary/aromatic N) is 2. The Labute approximate surface area is 126 Å². The Hall–Kier alpha value is -1.73. The molecule has 5 nitrogen and oxygen atoms in total. The molecule has 20 heavy (non-hydrogen) atoms. The smallest absolute Gasteiger partial charge is 0.349 e. The van der Waals surface area contributed by atoms with E-state index in [1.807, 2.05) is 12.1 Å². The van der Waals surface area contributed by atoms with E-state index >= 15 is 0 Å². The summed E-state index contributed by atoms with van der Waals surface area (Å²) in [5.74, 6) is 0.0871. The highest BCUT2D eigenvalue weighted by Gasteiger charge is 2.19. The second-order valence-electron chi connectivity index (χ2n) is 3.96. The minimum absolute atomic E-state index is 0.368. The minimum atomic E-state index is -0.368. The maximum Gasteiger partial charge on any atom is 0.349 e. The number of rotatable bonds is 2. The van der Waals surface area contributed by atoms with Gasteiger partial charge >= 0.3 is 5.97 Å². The van der Waals surface area contributed by atoms with Crippen molar-refractivity contribution in [1.82, 2.24) is 9.97 Å². The zero-order valence-corrected chi connectivity index (χ0v) is 13.0. The Bertz CT molecular complexity index is 831. The molecular formula is C13H9BrN2O3S. The highest BCUT2D eigenvalue weighted by atomic mass is 79.9. The summed E-state index contributed by atoms with van der Waals surface area (Å²) in [6.07, 6.45) is 1.56. The maximum absolute atomic E-state index is 11.7. The number of hydrogen-bond acceptors (Lipinski definition) is 6. The third-order valence-electron chi connectivity index (χ3n) is 2.86. The van der Waals surface area contributed by atoms with E-state index in [1.165, 1.54) is 18.4 Å². The lowest BCUT2D eigenvalue weighted by Crippen LogP contribution is -1.98. The van der Waals surface area contributed by atoms with Crippen LogP contribution in [-0.4, -0.2) is 30.2 Å². The van der Waals surface area contributed by atoms with Crippen LogP contribution in [0.5, 0.6) is 5.88 Å². The van der Waals surface area contributed by atoms with Crippen LogP contribution < -0.4 is 4.74 Å². The van der Waals surface area contributed by atoms with Crippen molar-refractivity contribution in [3.05, 3.63) is 27.7 Å². The normalized spacial score (nSPS) is 10.9. The van der Waals surface area contributed by atoms with Gasteiger partial charge in [-0.2, -0.15) is 0 Å². The van der Waals surface area contributed by atoms with E-state index in [-0.39, 0.29) is 5.97 Å². The Morgan fingerprint density at radius 3 is 2.85 bits per heavy atom. The van der Waals surface area contributed by atoms with E-state index in [9.17, 15) is 4.79 Å². The number of benzene rings is 1. The van der Waals surface area contributed by atoms with Crippen LogP contribution >= 0.6 is 27.3 Å². The van der Waals surface area contributed by atoms with Crippen LogP contribution in [-0.2, 0) is 4.74 Å². The molecule has 0 spiro atoms. The number of aromatic nitrogens is 2. The van der Waals surface area contributed by atoms with Gasteiger partial charge in [0.2, 0.25) is 5.88 Å². The summed E-state index contributed by atoms with van der Waals surface area (Å²) in [6.45, 7) is 0. The van der Waals surface area contributed by atoms with Crippen molar-refractivity contribution < 1.29 is 14.3 Å². The van der Waals surface area contributed by atoms with Crippen LogP contribution in [0.25, 0.3) is 21.1 Å². The van der Waals surface area contributed by atoms with Gasteiger partial charge in [-0.1, -0.05) is 0 Å². The van der Waals surface area contributed by atoms with E-state index in [1.54, 1.807) is 13.3 Å². The first kappa shape index (κ1) is 13.3. The van der Waals surface area contributed by atoms with Crippen LogP contribution in [0.3, 0.4) is 0 Å². The lowest BCUT2D eigenvalue weighted by molar-refractivity contribution is 0.0605. The van der Waals surface area contributed by atoms with Crippen LogP contribution in [0.1, 0.15) is 9.67 Å². The summed E-state index contributed by atoms with van der Waals surface area (Å²) in [6, 6.07) is 3.77. The molecule has 0 unspecified atom stereocenters. The van der Waals surface area contributed by atoms with Gasteiger partial charge in [0.1, 0.15) is 4.88 Å². The molecule has 0 atom stereocenters. The van der Waals surface area contributed by atoms with Gasteiger partial charge in [0.05, 0.1) is 35.9 Å². The predicted octanol–water partition coefficient (Wildman–Crippen LogP) is 3.40. The van der Waals surface area contributed by atoms with Crippen molar-refractivity contribution in [3.63, 3.8) is 0 Å². The lowest BCUT2D eigenvalue weighted by Gasteiger charge is -2.02. The number of esters is 1. The molecule has 2 aromatic heterocycles. The van der Waals surface area contributed by atoms with Crippen molar-refractivity contribution in [3.8, 4) is 5.88 Å². The minimum Gasteiger partial charge on any atom is -0.480 e. The first-order valence-corrected chi connectivity index (χ1v) is 7.26. The second-order valence-corrected chi connectivity index (χ2v) is 5.80. The quantitative estimate of drug-likeness (QED) is 0.661. The van der Waals surface area contributed by atoms with Gasteiger partial charge in [0.15, 0.2) is 0 Å². The van der Waals surface area contributed by atoms with E-state index in [0.717, 1.165) is 15.6 Å². The zero-order chi connectivity index (χ0) is 14.3. The molecule has 0 radical (unpaired) electrons. The van der Waals surface area contributed by atoms with Crippen molar-refractivity contribution in [2.45, 2.75) is 0 Å². The monoisotopic (exact) mass is 352 g/mol. The maximum atomic E-state index is 11.7. The summed E-state index contributed by atoms with van der Waals surface area (Å²) in [7, 11) is 2.91. The molecule has 0 fully saturated rings. The average Bonchev–Trinajstić information content (AvgIpc) is 2.83. The topological polar surface area (TPSA) is 61.3 Å². The molecule has 3 rings (SSSR count). The molecule has 7 heteroatoms. The number of methoxy groups -OCH3 is 2. The summed E-state index contributed by atoms with van der Waals surface area (Å²) in [5, 5.41) is 0.864. The molecule has 0 saturated carbocycles. The van der Waals surface area contributed by atoms with E-state index < -0.39 is 0 Å². The third-order valence-corrected chi connectivity index (χ3v) is 5.05. The Kier molecular flexibility index (Phi) is 3.31. The van der Waals surface area contributed by atoms with E-state index in [0.29, 0.717) is 20.7 Å². The summed E-state index contributed by atoms with van der Waals surface area (Å²) < 4.78 is 11.5. The first-order chi connectivity index (χ1) is 9.65. The summed E-state index contributed by atoms with van der Waals surface area (Å²) >= 11 is 4.82.